The Kier molecular flexibility index (Phi) is 4.24. The molecule has 3 nitrogen and oxygen atoms in total. The molecule has 0 aliphatic heterocycles. The van der Waals surface area contributed by atoms with E-state index in [4.69, 9.17) is 11.6 Å². The molecule has 1 aliphatic carbocycles. The number of nitrogens with zero attached hydrogens (tertiary/aromatic N) is 2. The van der Waals surface area contributed by atoms with E-state index >= 15 is 0 Å². The second-order valence-electron chi connectivity index (χ2n) is 4.75. The van der Waals surface area contributed by atoms with E-state index in [2.05, 4.69) is 22.6 Å². The fraction of sp³-hybridized carbons (Fsp3) is 0.615. The number of allylic oxidation sites excluding steroid dienone is 2. The van der Waals surface area contributed by atoms with Gasteiger partial charge in [-0.3, -0.25) is 4.68 Å². The Morgan fingerprint density at radius 3 is 2.94 bits per heavy atom. The van der Waals surface area contributed by atoms with E-state index in [1.54, 1.807) is 0 Å². The van der Waals surface area contributed by atoms with Crippen LogP contribution in [0.4, 0.5) is 0 Å². The molecule has 0 spiro atoms. The summed E-state index contributed by atoms with van der Waals surface area (Å²) in [6, 6.07) is 0. The summed E-state index contributed by atoms with van der Waals surface area (Å²) in [5, 5.41) is 8.59. The lowest BCUT2D eigenvalue weighted by Gasteiger charge is -2.18. The highest BCUT2D eigenvalue weighted by Crippen LogP contribution is 2.20. The molecule has 1 aromatic rings. The molecule has 1 aliphatic rings. The summed E-state index contributed by atoms with van der Waals surface area (Å²) in [7, 11) is 1.94. The molecule has 4 heteroatoms. The maximum atomic E-state index is 6.20. The van der Waals surface area contributed by atoms with Gasteiger partial charge in [-0.2, -0.15) is 5.10 Å². The molecule has 0 bridgehead atoms. The van der Waals surface area contributed by atoms with E-state index in [0.717, 1.165) is 35.4 Å². The first-order valence-electron chi connectivity index (χ1n) is 6.22. The van der Waals surface area contributed by atoms with Gasteiger partial charge in [-0.25, -0.2) is 0 Å². The molecule has 1 atom stereocenters. The topological polar surface area (TPSA) is 29.9 Å². The lowest BCUT2D eigenvalue weighted by molar-refractivity contribution is 0.436. The number of halogens is 1. The van der Waals surface area contributed by atoms with E-state index < -0.39 is 0 Å². The molecule has 1 unspecified atom stereocenters. The van der Waals surface area contributed by atoms with E-state index in [9.17, 15) is 0 Å². The standard InChI is InChI=1S/C13H20ClN3/c1-10-13(14)12(17(2)16-10)9-15-8-11-6-4-3-5-7-11/h3-4,11,15H,5-9H2,1-2H3. The maximum absolute atomic E-state index is 6.20. The van der Waals surface area contributed by atoms with Crippen LogP contribution in [0.25, 0.3) is 0 Å². The summed E-state index contributed by atoms with van der Waals surface area (Å²) in [5.74, 6) is 0.771. The fourth-order valence-electron chi connectivity index (χ4n) is 2.31. The summed E-state index contributed by atoms with van der Waals surface area (Å²) in [6.07, 6.45) is 8.28. The SMILES string of the molecule is Cc1nn(C)c(CNCC2CC=CCC2)c1Cl. The maximum Gasteiger partial charge on any atom is 0.0860 e. The Morgan fingerprint density at radius 1 is 1.53 bits per heavy atom. The Hall–Kier alpha value is -0.800. The third-order valence-electron chi connectivity index (χ3n) is 3.36. The van der Waals surface area contributed by atoms with Crippen molar-refractivity contribution in [2.24, 2.45) is 13.0 Å². The minimum Gasteiger partial charge on any atom is -0.311 e. The summed E-state index contributed by atoms with van der Waals surface area (Å²) < 4.78 is 1.87. The lowest BCUT2D eigenvalue weighted by atomic mass is 9.94. The van der Waals surface area contributed by atoms with Crippen molar-refractivity contribution in [1.82, 2.24) is 15.1 Å². The average molecular weight is 254 g/mol. The van der Waals surface area contributed by atoms with Gasteiger partial charge in [0, 0.05) is 13.6 Å². The first-order chi connectivity index (χ1) is 8.18. The van der Waals surface area contributed by atoms with Gasteiger partial charge >= 0.3 is 0 Å². The van der Waals surface area contributed by atoms with E-state index in [1.807, 2.05) is 18.7 Å². The fourth-order valence-corrected chi connectivity index (χ4v) is 2.54. The van der Waals surface area contributed by atoms with Crippen LogP contribution in [-0.2, 0) is 13.6 Å². The van der Waals surface area contributed by atoms with Crippen LogP contribution in [0.15, 0.2) is 12.2 Å². The van der Waals surface area contributed by atoms with Crippen molar-refractivity contribution in [3.05, 3.63) is 28.6 Å². The first kappa shape index (κ1) is 12.7. The Bertz CT molecular complexity index is 409. The molecule has 0 radical (unpaired) electrons. The van der Waals surface area contributed by atoms with Gasteiger partial charge in [-0.15, -0.1) is 0 Å². The number of nitrogens with one attached hydrogen (secondary N) is 1. The summed E-state index contributed by atoms with van der Waals surface area (Å²) >= 11 is 6.20. The zero-order chi connectivity index (χ0) is 12.3. The molecule has 0 aromatic carbocycles. The highest BCUT2D eigenvalue weighted by molar-refractivity contribution is 6.31. The monoisotopic (exact) mass is 253 g/mol. The van der Waals surface area contributed by atoms with Gasteiger partial charge in [-0.1, -0.05) is 23.8 Å². The van der Waals surface area contributed by atoms with Crippen molar-refractivity contribution in [3.8, 4) is 0 Å². The Balaban J connectivity index is 1.83. The zero-order valence-corrected chi connectivity index (χ0v) is 11.3. The minimum atomic E-state index is 0.771. The Labute approximate surface area is 108 Å². The van der Waals surface area contributed by atoms with Crippen LogP contribution in [0.3, 0.4) is 0 Å². The van der Waals surface area contributed by atoms with Gasteiger partial charge in [0.25, 0.3) is 0 Å². The summed E-state index contributed by atoms with van der Waals surface area (Å²) in [5.41, 5.74) is 1.99. The van der Waals surface area contributed by atoms with Crippen molar-refractivity contribution in [3.63, 3.8) is 0 Å². The molecule has 0 amide bonds. The predicted octanol–water partition coefficient (Wildman–Crippen LogP) is 2.83. The van der Waals surface area contributed by atoms with E-state index in [1.165, 1.54) is 19.3 Å². The summed E-state index contributed by atoms with van der Waals surface area (Å²) in [4.78, 5) is 0. The van der Waals surface area contributed by atoms with E-state index in [-0.39, 0.29) is 0 Å². The highest BCUT2D eigenvalue weighted by Gasteiger charge is 2.12. The van der Waals surface area contributed by atoms with Gasteiger partial charge < -0.3 is 5.32 Å². The first-order valence-corrected chi connectivity index (χ1v) is 6.60. The van der Waals surface area contributed by atoms with Gasteiger partial charge in [0.1, 0.15) is 0 Å². The molecular weight excluding hydrogens is 234 g/mol. The number of hydrogen-bond acceptors (Lipinski definition) is 2. The molecule has 1 aromatic heterocycles. The van der Waals surface area contributed by atoms with Crippen LogP contribution in [0, 0.1) is 12.8 Å². The molecule has 0 saturated heterocycles. The lowest BCUT2D eigenvalue weighted by Crippen LogP contribution is -2.24. The number of hydrogen-bond donors (Lipinski definition) is 1. The summed E-state index contributed by atoms with van der Waals surface area (Å²) in [6.45, 7) is 3.80. The molecule has 94 valence electrons. The van der Waals surface area contributed by atoms with Crippen molar-refractivity contribution >= 4 is 11.6 Å². The molecule has 0 saturated carbocycles. The van der Waals surface area contributed by atoms with Crippen LogP contribution in [0.2, 0.25) is 5.02 Å². The number of rotatable bonds is 4. The zero-order valence-electron chi connectivity index (χ0n) is 10.5. The highest BCUT2D eigenvalue weighted by atomic mass is 35.5. The van der Waals surface area contributed by atoms with Crippen molar-refractivity contribution in [2.75, 3.05) is 6.54 Å². The molecule has 2 rings (SSSR count). The second-order valence-corrected chi connectivity index (χ2v) is 5.13. The quantitative estimate of drug-likeness (QED) is 0.837. The van der Waals surface area contributed by atoms with Crippen LogP contribution < -0.4 is 5.32 Å². The predicted molar refractivity (Wildman–Crippen MR) is 71.1 cm³/mol. The average Bonchev–Trinajstić information content (AvgIpc) is 2.57. The van der Waals surface area contributed by atoms with Gasteiger partial charge in [0.15, 0.2) is 0 Å². The van der Waals surface area contributed by atoms with Crippen molar-refractivity contribution in [2.45, 2.75) is 32.7 Å². The second kappa shape index (κ2) is 5.69. The minimum absolute atomic E-state index is 0.771. The van der Waals surface area contributed by atoms with Gasteiger partial charge in [0.05, 0.1) is 16.4 Å². The van der Waals surface area contributed by atoms with Crippen molar-refractivity contribution in [1.29, 1.82) is 0 Å². The van der Waals surface area contributed by atoms with Gasteiger partial charge in [0.2, 0.25) is 0 Å². The molecule has 1 heterocycles. The Morgan fingerprint density at radius 2 is 2.35 bits per heavy atom. The van der Waals surface area contributed by atoms with Crippen LogP contribution in [-0.4, -0.2) is 16.3 Å². The smallest absolute Gasteiger partial charge is 0.0860 e. The largest absolute Gasteiger partial charge is 0.311 e. The molecule has 0 fully saturated rings. The molecular formula is C13H20ClN3. The third-order valence-corrected chi connectivity index (χ3v) is 3.86. The molecule has 1 N–H and O–H groups in total. The van der Waals surface area contributed by atoms with Crippen molar-refractivity contribution < 1.29 is 0 Å². The number of aryl methyl sites for hydroxylation is 2. The third kappa shape index (κ3) is 3.11. The molecule has 17 heavy (non-hydrogen) atoms. The van der Waals surface area contributed by atoms with Crippen LogP contribution >= 0.6 is 11.6 Å². The van der Waals surface area contributed by atoms with E-state index in [0.29, 0.717) is 0 Å². The normalized spacial score (nSPS) is 19.8. The van der Waals surface area contributed by atoms with Crippen LogP contribution in [0.1, 0.15) is 30.7 Å². The van der Waals surface area contributed by atoms with Crippen LogP contribution in [0.5, 0.6) is 0 Å². The number of aromatic nitrogens is 2. The van der Waals surface area contributed by atoms with Gasteiger partial charge in [-0.05, 0) is 38.6 Å².